The first kappa shape index (κ1) is 22.0. The Hall–Kier alpha value is -3.67. The number of nitrogens with one attached hydrogen (secondary N) is 1. The highest BCUT2D eigenvalue weighted by atomic mass is 32.2. The van der Waals surface area contributed by atoms with Crippen molar-refractivity contribution >= 4 is 29.0 Å². The number of aromatic nitrogens is 2. The van der Waals surface area contributed by atoms with E-state index in [1.165, 1.54) is 24.3 Å². The maximum Gasteiger partial charge on any atom is 0.573 e. The third-order valence-corrected chi connectivity index (χ3v) is 4.64. The van der Waals surface area contributed by atoms with Crippen molar-refractivity contribution in [1.82, 2.24) is 10.2 Å². The molecule has 0 saturated carbocycles. The molecule has 0 saturated heterocycles. The van der Waals surface area contributed by atoms with Gasteiger partial charge in [0.05, 0.1) is 16.4 Å². The number of thioether (sulfide) groups is 1. The van der Waals surface area contributed by atoms with Crippen LogP contribution in [0.2, 0.25) is 0 Å². The highest BCUT2D eigenvalue weighted by molar-refractivity contribution is 7.99. The molecule has 2 aromatic carbocycles. The fourth-order valence-electron chi connectivity index (χ4n) is 2.41. The third-order valence-electron chi connectivity index (χ3n) is 3.72. The lowest BCUT2D eigenvalue weighted by atomic mass is 10.1. The zero-order chi connectivity index (χ0) is 22.4. The summed E-state index contributed by atoms with van der Waals surface area (Å²) in [5, 5.41) is 21.9. The molecule has 0 radical (unpaired) electrons. The SMILES string of the molecule is O=C(CSc1ccc(-c2cccc([N+](=O)[O-])c2)nn1)Nc1ccc(OC(F)(F)F)cc1. The first-order valence-corrected chi connectivity index (χ1v) is 9.55. The van der Waals surface area contributed by atoms with E-state index in [0.29, 0.717) is 22.0 Å². The lowest BCUT2D eigenvalue weighted by Crippen LogP contribution is -2.17. The molecule has 31 heavy (non-hydrogen) atoms. The quantitative estimate of drug-likeness (QED) is 0.316. The lowest BCUT2D eigenvalue weighted by Gasteiger charge is -2.10. The van der Waals surface area contributed by atoms with E-state index in [9.17, 15) is 28.1 Å². The van der Waals surface area contributed by atoms with Crippen LogP contribution in [0.25, 0.3) is 11.3 Å². The van der Waals surface area contributed by atoms with Gasteiger partial charge in [-0.05, 0) is 36.4 Å². The van der Waals surface area contributed by atoms with E-state index < -0.39 is 11.3 Å². The van der Waals surface area contributed by atoms with Crippen molar-refractivity contribution in [3.63, 3.8) is 0 Å². The number of alkyl halides is 3. The molecule has 8 nitrogen and oxygen atoms in total. The second-order valence-corrected chi connectivity index (χ2v) is 6.97. The van der Waals surface area contributed by atoms with Gasteiger partial charge in [-0.3, -0.25) is 14.9 Å². The number of rotatable bonds is 7. The maximum atomic E-state index is 12.2. The van der Waals surface area contributed by atoms with Gasteiger partial charge in [-0.2, -0.15) is 0 Å². The lowest BCUT2D eigenvalue weighted by molar-refractivity contribution is -0.384. The van der Waals surface area contributed by atoms with Crippen LogP contribution in [-0.2, 0) is 4.79 Å². The van der Waals surface area contributed by atoms with Crippen LogP contribution in [0.15, 0.2) is 65.7 Å². The summed E-state index contributed by atoms with van der Waals surface area (Å²) in [6, 6.07) is 14.0. The molecule has 0 unspecified atom stereocenters. The molecule has 0 fully saturated rings. The molecule has 0 aliphatic heterocycles. The van der Waals surface area contributed by atoms with Crippen molar-refractivity contribution < 1.29 is 27.6 Å². The Morgan fingerprint density at radius 1 is 1.10 bits per heavy atom. The van der Waals surface area contributed by atoms with Crippen LogP contribution in [0, 0.1) is 10.1 Å². The van der Waals surface area contributed by atoms with Crippen LogP contribution >= 0.6 is 11.8 Å². The molecular formula is C19H13F3N4O4S. The number of benzene rings is 2. The number of hydrogen-bond acceptors (Lipinski definition) is 7. The standard InChI is InChI=1S/C19H13F3N4O4S/c20-19(21,22)30-15-6-4-13(5-7-15)23-17(27)11-31-18-9-8-16(24-25-18)12-2-1-3-14(10-12)26(28)29/h1-10H,11H2,(H,23,27). The number of anilines is 1. The Morgan fingerprint density at radius 2 is 1.84 bits per heavy atom. The molecule has 0 aliphatic rings. The van der Waals surface area contributed by atoms with Gasteiger partial charge in [0.25, 0.3) is 5.69 Å². The summed E-state index contributed by atoms with van der Waals surface area (Å²) < 4.78 is 40.2. The van der Waals surface area contributed by atoms with Crippen LogP contribution in [0.1, 0.15) is 0 Å². The Balaban J connectivity index is 1.53. The summed E-state index contributed by atoms with van der Waals surface area (Å²) >= 11 is 1.10. The summed E-state index contributed by atoms with van der Waals surface area (Å²) in [6.07, 6.45) is -4.78. The first-order chi connectivity index (χ1) is 14.7. The minimum absolute atomic E-state index is 0.00830. The molecule has 160 valence electrons. The van der Waals surface area contributed by atoms with Crippen molar-refractivity contribution in [2.75, 3.05) is 11.1 Å². The molecule has 0 aliphatic carbocycles. The number of carbonyl (C=O) groups excluding carboxylic acids is 1. The van der Waals surface area contributed by atoms with E-state index in [1.54, 1.807) is 24.3 Å². The number of carbonyl (C=O) groups is 1. The van der Waals surface area contributed by atoms with Crippen LogP contribution in [0.3, 0.4) is 0 Å². The van der Waals surface area contributed by atoms with Crippen LogP contribution in [0.5, 0.6) is 5.75 Å². The summed E-state index contributed by atoms with van der Waals surface area (Å²) in [5.41, 5.74) is 1.23. The molecular weight excluding hydrogens is 437 g/mol. The molecule has 1 amide bonds. The number of nitrogens with zero attached hydrogens (tertiary/aromatic N) is 3. The van der Waals surface area contributed by atoms with Gasteiger partial charge >= 0.3 is 6.36 Å². The van der Waals surface area contributed by atoms with Crippen LogP contribution in [0.4, 0.5) is 24.5 Å². The second-order valence-electron chi connectivity index (χ2n) is 5.97. The summed E-state index contributed by atoms with van der Waals surface area (Å²) in [4.78, 5) is 22.4. The van der Waals surface area contributed by atoms with E-state index in [1.807, 2.05) is 0 Å². The van der Waals surface area contributed by atoms with Crippen molar-refractivity contribution in [2.45, 2.75) is 11.4 Å². The molecule has 0 atom stereocenters. The predicted octanol–water partition coefficient (Wildman–Crippen LogP) is 4.68. The molecule has 1 aromatic heterocycles. The first-order valence-electron chi connectivity index (χ1n) is 8.57. The molecule has 12 heteroatoms. The fraction of sp³-hybridized carbons (Fsp3) is 0.105. The number of halogens is 3. The molecule has 0 spiro atoms. The van der Waals surface area contributed by atoms with Crippen LogP contribution in [-0.4, -0.2) is 33.1 Å². The number of nitro groups is 1. The predicted molar refractivity (Wildman–Crippen MR) is 107 cm³/mol. The zero-order valence-corrected chi connectivity index (χ0v) is 16.3. The van der Waals surface area contributed by atoms with Gasteiger partial charge in [0, 0.05) is 23.4 Å². The van der Waals surface area contributed by atoms with Gasteiger partial charge in [0.1, 0.15) is 10.8 Å². The number of ether oxygens (including phenoxy) is 1. The van der Waals surface area contributed by atoms with E-state index >= 15 is 0 Å². The monoisotopic (exact) mass is 450 g/mol. The van der Waals surface area contributed by atoms with Gasteiger partial charge in [0.15, 0.2) is 0 Å². The van der Waals surface area contributed by atoms with Gasteiger partial charge in [-0.15, -0.1) is 23.4 Å². The largest absolute Gasteiger partial charge is 0.573 e. The Bertz CT molecular complexity index is 1080. The molecule has 1 heterocycles. The average Bonchev–Trinajstić information content (AvgIpc) is 2.73. The Kier molecular flexibility index (Phi) is 6.70. The minimum atomic E-state index is -4.78. The summed E-state index contributed by atoms with van der Waals surface area (Å²) in [7, 11) is 0. The normalized spacial score (nSPS) is 11.1. The van der Waals surface area contributed by atoms with Crippen molar-refractivity contribution in [1.29, 1.82) is 0 Å². The van der Waals surface area contributed by atoms with E-state index in [2.05, 4.69) is 20.3 Å². The van der Waals surface area contributed by atoms with Gasteiger partial charge < -0.3 is 10.1 Å². The zero-order valence-electron chi connectivity index (χ0n) is 15.5. The third kappa shape index (κ3) is 6.67. The minimum Gasteiger partial charge on any atom is -0.406 e. The molecule has 0 bridgehead atoms. The van der Waals surface area contributed by atoms with Gasteiger partial charge in [0.2, 0.25) is 5.91 Å². The van der Waals surface area contributed by atoms with Crippen molar-refractivity contribution in [2.24, 2.45) is 0 Å². The molecule has 1 N–H and O–H groups in total. The van der Waals surface area contributed by atoms with E-state index in [-0.39, 0.29) is 23.1 Å². The van der Waals surface area contributed by atoms with Crippen LogP contribution < -0.4 is 10.1 Å². The number of non-ortho nitro benzene ring substituents is 1. The average molecular weight is 450 g/mol. The smallest absolute Gasteiger partial charge is 0.406 e. The maximum absolute atomic E-state index is 12.2. The van der Waals surface area contributed by atoms with E-state index in [0.717, 1.165) is 23.9 Å². The molecule has 3 rings (SSSR count). The Morgan fingerprint density at radius 3 is 2.45 bits per heavy atom. The van der Waals surface area contributed by atoms with Gasteiger partial charge in [-0.1, -0.05) is 23.9 Å². The highest BCUT2D eigenvalue weighted by Crippen LogP contribution is 2.25. The number of hydrogen-bond donors (Lipinski definition) is 1. The van der Waals surface area contributed by atoms with E-state index in [4.69, 9.17) is 0 Å². The summed E-state index contributed by atoms with van der Waals surface area (Å²) in [5.74, 6) is -0.788. The number of nitro benzene ring substituents is 1. The molecule has 3 aromatic rings. The Labute approximate surface area is 177 Å². The van der Waals surface area contributed by atoms with Gasteiger partial charge in [-0.25, -0.2) is 0 Å². The summed E-state index contributed by atoms with van der Waals surface area (Å²) in [6.45, 7) is 0. The fourth-order valence-corrected chi connectivity index (χ4v) is 3.02. The number of amides is 1. The topological polar surface area (TPSA) is 107 Å². The van der Waals surface area contributed by atoms with Crippen molar-refractivity contribution in [3.05, 3.63) is 70.8 Å². The van der Waals surface area contributed by atoms with Crippen molar-refractivity contribution in [3.8, 4) is 17.0 Å². The highest BCUT2D eigenvalue weighted by Gasteiger charge is 2.30. The second kappa shape index (κ2) is 9.43.